The molecule has 0 aromatic heterocycles. The number of nitrogens with two attached hydrogens (primary N) is 1. The first-order valence-electron chi connectivity index (χ1n) is 10.8. The van der Waals surface area contributed by atoms with E-state index in [1.165, 1.54) is 18.2 Å². The Balaban J connectivity index is 1.53. The normalized spacial score (nSPS) is 17.6. The smallest absolute Gasteiger partial charge is 0.266 e. The van der Waals surface area contributed by atoms with Gasteiger partial charge in [0, 0.05) is 19.4 Å². The van der Waals surface area contributed by atoms with Crippen LogP contribution in [0, 0.1) is 0 Å². The van der Waals surface area contributed by atoms with Gasteiger partial charge in [-0.3, -0.25) is 39.0 Å². The highest BCUT2D eigenvalue weighted by Gasteiger charge is 2.46. The highest BCUT2D eigenvalue weighted by molar-refractivity contribution is 6.24. The van der Waals surface area contributed by atoms with Crippen molar-refractivity contribution in [2.45, 2.75) is 51.0 Å². The van der Waals surface area contributed by atoms with E-state index in [0.29, 0.717) is 19.4 Å². The van der Waals surface area contributed by atoms with Crippen LogP contribution in [-0.4, -0.2) is 59.5 Å². The number of carbonyl (C=O) groups excluding carboxylic acids is 6. The van der Waals surface area contributed by atoms with Crippen LogP contribution < -0.4 is 21.1 Å². The zero-order valence-electron chi connectivity index (χ0n) is 18.1. The van der Waals surface area contributed by atoms with E-state index in [2.05, 4.69) is 10.6 Å². The number of imide groups is 2. The molecule has 2 aliphatic rings. The molecule has 4 N–H and O–H groups in total. The number of piperidine rings is 1. The number of nitrogens with one attached hydrogen (secondary N) is 2. The fourth-order valence-electron chi connectivity index (χ4n) is 3.80. The number of rotatable bonds is 11. The monoisotopic (exact) mass is 458 g/mol. The molecule has 1 atom stereocenters. The summed E-state index contributed by atoms with van der Waals surface area (Å²) in [4.78, 5) is 72.9. The summed E-state index contributed by atoms with van der Waals surface area (Å²) in [6.45, 7) is 0.0877. The van der Waals surface area contributed by atoms with Gasteiger partial charge in [-0.1, -0.05) is 18.9 Å². The number of carbonyl (C=O) groups is 6. The van der Waals surface area contributed by atoms with E-state index in [4.69, 9.17) is 10.5 Å². The van der Waals surface area contributed by atoms with Crippen molar-refractivity contribution in [1.82, 2.24) is 15.5 Å². The second kappa shape index (κ2) is 10.7. The lowest BCUT2D eigenvalue weighted by Gasteiger charge is -2.27. The molecule has 1 aromatic carbocycles. The molecule has 6 amide bonds. The molecule has 1 fully saturated rings. The maximum atomic E-state index is 13.0. The minimum atomic E-state index is -1.07. The second-order valence-electron chi connectivity index (χ2n) is 7.90. The summed E-state index contributed by atoms with van der Waals surface area (Å²) in [6.07, 6.45) is 3.56. The maximum absolute atomic E-state index is 13.0. The number of ether oxygens (including phenoxy) is 1. The summed E-state index contributed by atoms with van der Waals surface area (Å²) < 4.78 is 5.51. The fourth-order valence-corrected chi connectivity index (χ4v) is 3.80. The molecule has 0 spiro atoms. The highest BCUT2D eigenvalue weighted by Crippen LogP contribution is 2.33. The zero-order chi connectivity index (χ0) is 24.0. The van der Waals surface area contributed by atoms with Gasteiger partial charge >= 0.3 is 0 Å². The van der Waals surface area contributed by atoms with Crippen molar-refractivity contribution < 1.29 is 33.5 Å². The molecule has 11 heteroatoms. The van der Waals surface area contributed by atoms with Crippen molar-refractivity contribution in [3.8, 4) is 5.75 Å². The molecule has 2 aliphatic heterocycles. The number of primary amides is 1. The number of nitrogens with zero attached hydrogens (tertiary/aromatic N) is 1. The van der Waals surface area contributed by atoms with E-state index < -0.39 is 29.7 Å². The van der Waals surface area contributed by atoms with Gasteiger partial charge in [0.1, 0.15) is 11.8 Å². The number of unbranched alkanes of at least 4 members (excludes halogenated alkanes) is 3. The van der Waals surface area contributed by atoms with Crippen molar-refractivity contribution in [2.75, 3.05) is 13.2 Å². The molecule has 0 saturated carbocycles. The van der Waals surface area contributed by atoms with Gasteiger partial charge in [0.15, 0.2) is 6.61 Å². The molecular formula is C22H26N4O7. The summed E-state index contributed by atoms with van der Waals surface area (Å²) >= 11 is 0. The van der Waals surface area contributed by atoms with E-state index in [1.807, 2.05) is 0 Å². The van der Waals surface area contributed by atoms with Crippen LogP contribution in [0.1, 0.15) is 65.7 Å². The van der Waals surface area contributed by atoms with E-state index in [9.17, 15) is 28.8 Å². The number of hydrogen-bond donors (Lipinski definition) is 3. The predicted octanol–water partition coefficient (Wildman–Crippen LogP) is 0.0186. The van der Waals surface area contributed by atoms with Crippen LogP contribution in [0.4, 0.5) is 0 Å². The van der Waals surface area contributed by atoms with Gasteiger partial charge in [0.25, 0.3) is 17.7 Å². The van der Waals surface area contributed by atoms with Gasteiger partial charge < -0.3 is 15.8 Å². The third-order valence-corrected chi connectivity index (χ3v) is 5.46. The molecule has 0 aliphatic carbocycles. The summed E-state index contributed by atoms with van der Waals surface area (Å²) in [5.41, 5.74) is 5.16. The Morgan fingerprint density at radius 2 is 1.85 bits per heavy atom. The molecule has 1 aromatic rings. The molecule has 3 rings (SSSR count). The average molecular weight is 458 g/mol. The highest BCUT2D eigenvalue weighted by atomic mass is 16.5. The van der Waals surface area contributed by atoms with E-state index >= 15 is 0 Å². The first-order valence-corrected chi connectivity index (χ1v) is 10.8. The summed E-state index contributed by atoms with van der Waals surface area (Å²) in [6, 6.07) is 3.38. The van der Waals surface area contributed by atoms with Crippen molar-refractivity contribution in [1.29, 1.82) is 0 Å². The van der Waals surface area contributed by atoms with Crippen LogP contribution in [0.5, 0.6) is 5.75 Å². The Kier molecular flexibility index (Phi) is 7.75. The Hall–Kier alpha value is -3.76. The number of amides is 6. The Bertz CT molecular complexity index is 991. The number of benzene rings is 1. The fraction of sp³-hybridized carbons (Fsp3) is 0.455. The third kappa shape index (κ3) is 5.73. The van der Waals surface area contributed by atoms with E-state index in [1.54, 1.807) is 0 Å². The van der Waals surface area contributed by atoms with Crippen molar-refractivity contribution in [3.63, 3.8) is 0 Å². The molecule has 11 nitrogen and oxygen atoms in total. The number of hydrogen-bond acceptors (Lipinski definition) is 7. The zero-order valence-corrected chi connectivity index (χ0v) is 18.1. The van der Waals surface area contributed by atoms with Gasteiger partial charge in [-0.05, 0) is 31.4 Å². The summed E-state index contributed by atoms with van der Waals surface area (Å²) in [5.74, 6) is -3.13. The molecule has 1 unspecified atom stereocenters. The lowest BCUT2D eigenvalue weighted by Crippen LogP contribution is -2.54. The van der Waals surface area contributed by atoms with E-state index in [0.717, 1.165) is 24.2 Å². The van der Waals surface area contributed by atoms with Gasteiger partial charge in [-0.2, -0.15) is 0 Å². The lowest BCUT2D eigenvalue weighted by molar-refractivity contribution is -0.136. The quantitative estimate of drug-likeness (QED) is 0.310. The first kappa shape index (κ1) is 23.9. The van der Waals surface area contributed by atoms with Crippen molar-refractivity contribution >= 4 is 35.4 Å². The minimum absolute atomic E-state index is 0.00514. The van der Waals surface area contributed by atoms with Crippen molar-refractivity contribution in [2.24, 2.45) is 5.73 Å². The third-order valence-electron chi connectivity index (χ3n) is 5.46. The summed E-state index contributed by atoms with van der Waals surface area (Å²) in [7, 11) is 0. The van der Waals surface area contributed by atoms with Crippen LogP contribution in [0.3, 0.4) is 0 Å². The molecule has 2 heterocycles. The Morgan fingerprint density at radius 1 is 1.09 bits per heavy atom. The molecule has 33 heavy (non-hydrogen) atoms. The van der Waals surface area contributed by atoms with Crippen LogP contribution in [0.15, 0.2) is 18.2 Å². The minimum Gasteiger partial charge on any atom is -0.483 e. The van der Waals surface area contributed by atoms with Gasteiger partial charge in [0.05, 0.1) is 11.1 Å². The molecule has 176 valence electrons. The first-order chi connectivity index (χ1) is 15.8. The average Bonchev–Trinajstić information content (AvgIpc) is 3.02. The summed E-state index contributed by atoms with van der Waals surface area (Å²) in [5, 5.41) is 4.85. The van der Waals surface area contributed by atoms with Crippen LogP contribution in [-0.2, 0) is 19.2 Å². The SMILES string of the molecule is NC(=O)CCCCCCNC(=O)COc1cccc2c1C(=O)N(C1CCC(=O)NC1=O)C2=O. The van der Waals surface area contributed by atoms with Crippen molar-refractivity contribution in [3.05, 3.63) is 29.3 Å². The van der Waals surface area contributed by atoms with Gasteiger partial charge in [-0.25, -0.2) is 0 Å². The maximum Gasteiger partial charge on any atom is 0.266 e. The van der Waals surface area contributed by atoms with Crippen LogP contribution in [0.25, 0.3) is 0 Å². The molecular weight excluding hydrogens is 432 g/mol. The Labute approximate surface area is 190 Å². The van der Waals surface area contributed by atoms with E-state index in [-0.39, 0.29) is 48.1 Å². The Morgan fingerprint density at radius 3 is 2.58 bits per heavy atom. The topological polar surface area (TPSA) is 165 Å². The molecule has 1 saturated heterocycles. The predicted molar refractivity (Wildman–Crippen MR) is 114 cm³/mol. The standard InChI is InChI=1S/C22H26N4O7/c23-16(27)8-3-1-2-4-11-24-18(29)12-33-15-7-5-6-13-19(15)22(32)26(21(13)31)14-9-10-17(28)25-20(14)30/h5-7,14H,1-4,8-12H2,(H2,23,27)(H,24,29)(H,25,28,30). The number of fused-ring (bicyclic) bond motifs is 1. The van der Waals surface area contributed by atoms with Gasteiger partial charge in [0.2, 0.25) is 17.7 Å². The van der Waals surface area contributed by atoms with Crippen LogP contribution >= 0.6 is 0 Å². The van der Waals surface area contributed by atoms with Crippen LogP contribution in [0.2, 0.25) is 0 Å². The second-order valence-corrected chi connectivity index (χ2v) is 7.90. The largest absolute Gasteiger partial charge is 0.483 e. The van der Waals surface area contributed by atoms with Gasteiger partial charge in [-0.15, -0.1) is 0 Å². The lowest BCUT2D eigenvalue weighted by atomic mass is 10.0. The molecule has 0 radical (unpaired) electrons. The molecule has 0 bridgehead atoms.